The third kappa shape index (κ3) is 4.45. The topological polar surface area (TPSA) is 42.0 Å². The predicted octanol–water partition coefficient (Wildman–Crippen LogP) is 4.39. The fourth-order valence-corrected chi connectivity index (χ4v) is 2.48. The number of carbonyl (C=O) groups excluding carboxylic acids is 1. The first-order valence-corrected chi connectivity index (χ1v) is 8.15. The second-order valence-corrected chi connectivity index (χ2v) is 5.21. The summed E-state index contributed by atoms with van der Waals surface area (Å²) in [4.78, 5) is 25.4. The van der Waals surface area contributed by atoms with Crippen molar-refractivity contribution < 1.29 is 14.6 Å². The third-order valence-electron chi connectivity index (χ3n) is 3.39. The highest BCUT2D eigenvalue weighted by Gasteiger charge is 2.19. The summed E-state index contributed by atoms with van der Waals surface area (Å²) in [6.45, 7) is 4.84. The van der Waals surface area contributed by atoms with Gasteiger partial charge in [-0.1, -0.05) is 36.4 Å². The summed E-state index contributed by atoms with van der Waals surface area (Å²) in [6, 6.07) is 18.8. The molecule has 0 spiro atoms. The average molecular weight is 344 g/mol. The van der Waals surface area contributed by atoms with Crippen LogP contribution >= 0.6 is 12.2 Å². The van der Waals surface area contributed by atoms with E-state index >= 15 is 0 Å². The third-order valence-corrected chi connectivity index (χ3v) is 3.68. The molecule has 2 rings (SSSR count). The van der Waals surface area contributed by atoms with Gasteiger partial charge < -0.3 is 0 Å². The first-order chi connectivity index (χ1) is 11.7. The Morgan fingerprint density at radius 2 is 1.29 bits per heavy atom. The number of carbonyl (C=O) groups is 1. The number of thiocarbonyl (C=S) groups is 1. The van der Waals surface area contributed by atoms with Crippen LogP contribution in [0.25, 0.3) is 0 Å². The van der Waals surface area contributed by atoms with E-state index in [0.717, 1.165) is 11.4 Å². The van der Waals surface area contributed by atoms with E-state index in [-0.39, 0.29) is 5.17 Å². The minimum Gasteiger partial charge on any atom is -0.300 e. The maximum Gasteiger partial charge on any atom is 0.457 e. The van der Waals surface area contributed by atoms with E-state index < -0.39 is 6.09 Å². The molecule has 1 amide bonds. The van der Waals surface area contributed by atoms with Crippen LogP contribution in [-0.4, -0.2) is 24.4 Å². The lowest BCUT2D eigenvalue weighted by Gasteiger charge is -2.23. The average Bonchev–Trinajstić information content (AvgIpc) is 2.63. The van der Waals surface area contributed by atoms with Crippen LogP contribution < -0.4 is 9.80 Å². The van der Waals surface area contributed by atoms with Crippen LogP contribution in [0.2, 0.25) is 0 Å². The van der Waals surface area contributed by atoms with E-state index in [1.54, 1.807) is 4.90 Å². The largest absolute Gasteiger partial charge is 0.457 e. The molecule has 0 aromatic heterocycles. The van der Waals surface area contributed by atoms with Crippen LogP contribution in [0.15, 0.2) is 60.7 Å². The fraction of sp³-hybridized carbons (Fsp3) is 0.222. The highest BCUT2D eigenvalue weighted by atomic mass is 32.1. The summed E-state index contributed by atoms with van der Waals surface area (Å²) in [7, 11) is 0. The van der Waals surface area contributed by atoms with E-state index in [0.29, 0.717) is 13.1 Å². The van der Waals surface area contributed by atoms with Crippen molar-refractivity contribution in [3.8, 4) is 0 Å². The number of anilines is 2. The zero-order valence-corrected chi connectivity index (χ0v) is 14.5. The summed E-state index contributed by atoms with van der Waals surface area (Å²) in [5.41, 5.74) is 1.60. The van der Waals surface area contributed by atoms with Gasteiger partial charge in [0.2, 0.25) is 0 Å². The molecule has 2 aromatic carbocycles. The molecule has 0 unspecified atom stereocenters. The molecule has 0 heterocycles. The quantitative estimate of drug-likeness (QED) is 0.467. The Kier molecular flexibility index (Phi) is 6.57. The molecule has 0 aliphatic rings. The van der Waals surface area contributed by atoms with Gasteiger partial charge in [-0.05, 0) is 50.3 Å². The van der Waals surface area contributed by atoms with Gasteiger partial charge in [-0.3, -0.25) is 14.7 Å². The molecule has 0 fully saturated rings. The minimum absolute atomic E-state index is 0.0844. The van der Waals surface area contributed by atoms with Gasteiger partial charge in [0.25, 0.3) is 0 Å². The lowest BCUT2D eigenvalue weighted by Crippen LogP contribution is -2.35. The Balaban J connectivity index is 1.98. The van der Waals surface area contributed by atoms with E-state index in [1.165, 1.54) is 4.90 Å². The summed E-state index contributed by atoms with van der Waals surface area (Å²) >= 11 is 5.22. The lowest BCUT2D eigenvalue weighted by molar-refractivity contribution is -0.153. The molecule has 2 aromatic rings. The highest BCUT2D eigenvalue weighted by molar-refractivity contribution is 7.80. The Morgan fingerprint density at radius 3 is 1.75 bits per heavy atom. The zero-order valence-electron chi connectivity index (χ0n) is 13.7. The molecule has 0 N–H and O–H groups in total. The van der Waals surface area contributed by atoms with Crippen LogP contribution in [-0.2, 0) is 9.78 Å². The number of nitrogens with zero attached hydrogens (tertiary/aromatic N) is 2. The lowest BCUT2D eigenvalue weighted by atomic mass is 10.3. The van der Waals surface area contributed by atoms with Crippen LogP contribution in [0.4, 0.5) is 16.2 Å². The van der Waals surface area contributed by atoms with E-state index in [4.69, 9.17) is 22.0 Å². The molecule has 0 saturated heterocycles. The standard InChI is InChI=1S/C18H20N2O3S/c1-3-19(15-11-7-5-8-12-15)17(21)22-23-18(24)20(4-2)16-13-9-6-10-14-16/h5-14H,3-4H2,1-2H3. The Hall–Kier alpha value is -2.60. The number of para-hydroxylation sites is 2. The second kappa shape index (κ2) is 8.88. The number of benzene rings is 2. The fourth-order valence-electron chi connectivity index (χ4n) is 2.21. The van der Waals surface area contributed by atoms with Gasteiger partial charge in [0.1, 0.15) is 0 Å². The van der Waals surface area contributed by atoms with E-state index in [1.807, 2.05) is 74.5 Å². The molecule has 0 saturated carbocycles. The van der Waals surface area contributed by atoms with Crippen molar-refractivity contribution in [2.45, 2.75) is 13.8 Å². The smallest absolute Gasteiger partial charge is 0.300 e. The van der Waals surface area contributed by atoms with Crippen molar-refractivity contribution in [2.24, 2.45) is 0 Å². The van der Waals surface area contributed by atoms with Crippen molar-refractivity contribution >= 4 is 34.9 Å². The van der Waals surface area contributed by atoms with Crippen molar-refractivity contribution in [1.29, 1.82) is 0 Å². The molecule has 24 heavy (non-hydrogen) atoms. The van der Waals surface area contributed by atoms with Crippen LogP contribution in [0.1, 0.15) is 13.8 Å². The molecule has 0 bridgehead atoms. The zero-order chi connectivity index (χ0) is 17.4. The van der Waals surface area contributed by atoms with Crippen molar-refractivity contribution in [3.05, 3.63) is 60.7 Å². The van der Waals surface area contributed by atoms with Crippen LogP contribution in [0.5, 0.6) is 0 Å². The normalized spacial score (nSPS) is 9.92. The summed E-state index contributed by atoms with van der Waals surface area (Å²) < 4.78 is 0. The van der Waals surface area contributed by atoms with E-state index in [2.05, 4.69) is 0 Å². The van der Waals surface area contributed by atoms with Gasteiger partial charge in [0.15, 0.2) is 0 Å². The molecule has 0 radical (unpaired) electrons. The molecule has 0 atom stereocenters. The number of hydrogen-bond donors (Lipinski definition) is 0. The molecular weight excluding hydrogens is 324 g/mol. The van der Waals surface area contributed by atoms with Crippen molar-refractivity contribution in [1.82, 2.24) is 0 Å². The van der Waals surface area contributed by atoms with Crippen molar-refractivity contribution in [3.63, 3.8) is 0 Å². The number of amides is 1. The molecular formula is C18H20N2O3S. The van der Waals surface area contributed by atoms with Gasteiger partial charge in [-0.15, -0.1) is 0 Å². The number of hydrogen-bond acceptors (Lipinski definition) is 4. The molecule has 0 aliphatic carbocycles. The predicted molar refractivity (Wildman–Crippen MR) is 99.1 cm³/mol. The molecule has 6 heteroatoms. The summed E-state index contributed by atoms with van der Waals surface area (Å²) in [5.74, 6) is 0. The van der Waals surface area contributed by atoms with Crippen molar-refractivity contribution in [2.75, 3.05) is 22.9 Å². The molecule has 5 nitrogen and oxygen atoms in total. The first kappa shape index (κ1) is 17.7. The SMILES string of the molecule is CCN(C(=O)OOC(=S)N(CC)c1ccccc1)c1ccccc1. The summed E-state index contributed by atoms with van der Waals surface area (Å²) in [6.07, 6.45) is -0.616. The first-order valence-electron chi connectivity index (χ1n) is 7.75. The minimum atomic E-state index is -0.616. The van der Waals surface area contributed by atoms with Gasteiger partial charge >= 0.3 is 11.3 Å². The maximum absolute atomic E-state index is 12.2. The Bertz CT molecular complexity index is 605. The van der Waals surface area contributed by atoms with Gasteiger partial charge in [-0.25, -0.2) is 9.68 Å². The molecule has 0 aliphatic heterocycles. The van der Waals surface area contributed by atoms with Crippen LogP contribution in [0, 0.1) is 0 Å². The summed E-state index contributed by atoms with van der Waals surface area (Å²) in [5, 5.41) is 0.0844. The maximum atomic E-state index is 12.2. The van der Waals surface area contributed by atoms with Crippen LogP contribution in [0.3, 0.4) is 0 Å². The van der Waals surface area contributed by atoms with E-state index in [9.17, 15) is 4.79 Å². The van der Waals surface area contributed by atoms with Gasteiger partial charge in [0.05, 0.1) is 0 Å². The number of rotatable bonds is 4. The Morgan fingerprint density at radius 1 is 0.833 bits per heavy atom. The molecule has 126 valence electrons. The van der Waals surface area contributed by atoms with Gasteiger partial charge in [-0.2, -0.15) is 0 Å². The second-order valence-electron chi connectivity index (χ2n) is 4.86. The van der Waals surface area contributed by atoms with Gasteiger partial charge in [0, 0.05) is 24.5 Å². The Labute approximate surface area is 147 Å². The highest BCUT2D eigenvalue weighted by Crippen LogP contribution is 2.16. The monoisotopic (exact) mass is 344 g/mol.